The van der Waals surface area contributed by atoms with E-state index in [0.29, 0.717) is 12.2 Å². The molecule has 27 heavy (non-hydrogen) atoms. The quantitative estimate of drug-likeness (QED) is 0.616. The lowest BCUT2D eigenvalue weighted by molar-refractivity contribution is 0.0947. The van der Waals surface area contributed by atoms with Gasteiger partial charge in [0.25, 0.3) is 5.91 Å². The standard InChI is InChI=1S/C18H23ClN4O4/c1-3-21-18(26)15-16(23(2)10-4-6-20-7-5-10)17(27-22-15)11-8-12(19)14(25)9-13(11)24/h8-10,20,24-25H,3-7H2,1-2H3,(H,21,26). The smallest absolute Gasteiger partial charge is 0.275 e. The summed E-state index contributed by atoms with van der Waals surface area (Å²) in [5.74, 6) is -0.575. The van der Waals surface area contributed by atoms with Crippen LogP contribution in [0.15, 0.2) is 16.7 Å². The monoisotopic (exact) mass is 394 g/mol. The van der Waals surface area contributed by atoms with Crippen molar-refractivity contribution < 1.29 is 19.5 Å². The average Bonchev–Trinajstić information content (AvgIpc) is 3.10. The highest BCUT2D eigenvalue weighted by Crippen LogP contribution is 2.43. The lowest BCUT2D eigenvalue weighted by Crippen LogP contribution is -2.42. The fourth-order valence-electron chi connectivity index (χ4n) is 3.29. The topological polar surface area (TPSA) is 111 Å². The Hall–Kier alpha value is -2.45. The van der Waals surface area contributed by atoms with Gasteiger partial charge in [0, 0.05) is 25.7 Å². The van der Waals surface area contributed by atoms with Gasteiger partial charge >= 0.3 is 0 Å². The summed E-state index contributed by atoms with van der Waals surface area (Å²) in [6, 6.07) is 2.72. The lowest BCUT2D eigenvalue weighted by atomic mass is 10.0. The first-order chi connectivity index (χ1) is 12.9. The number of carbonyl (C=O) groups excluding carboxylic acids is 1. The minimum absolute atomic E-state index is 0.0641. The van der Waals surface area contributed by atoms with Crippen molar-refractivity contribution in [2.45, 2.75) is 25.8 Å². The van der Waals surface area contributed by atoms with Gasteiger partial charge in [0.2, 0.25) is 0 Å². The Morgan fingerprint density at radius 3 is 2.74 bits per heavy atom. The zero-order valence-electron chi connectivity index (χ0n) is 15.3. The van der Waals surface area contributed by atoms with Crippen molar-refractivity contribution in [3.8, 4) is 22.8 Å². The van der Waals surface area contributed by atoms with Crippen LogP contribution in [0, 0.1) is 0 Å². The Bertz CT molecular complexity index is 833. The van der Waals surface area contributed by atoms with E-state index in [1.165, 1.54) is 6.07 Å². The number of aromatic nitrogens is 1. The molecule has 4 N–H and O–H groups in total. The molecule has 8 nitrogen and oxygen atoms in total. The summed E-state index contributed by atoms with van der Waals surface area (Å²) in [6.45, 7) is 4.03. The summed E-state index contributed by atoms with van der Waals surface area (Å²) in [6.07, 6.45) is 1.80. The number of phenols is 2. The Morgan fingerprint density at radius 1 is 1.37 bits per heavy atom. The molecule has 0 aliphatic carbocycles. The maximum atomic E-state index is 12.5. The second-order valence-electron chi connectivity index (χ2n) is 6.48. The number of rotatable bonds is 5. The number of hydrogen-bond acceptors (Lipinski definition) is 7. The highest BCUT2D eigenvalue weighted by atomic mass is 35.5. The van der Waals surface area contributed by atoms with E-state index < -0.39 is 0 Å². The molecule has 1 amide bonds. The van der Waals surface area contributed by atoms with Gasteiger partial charge in [-0.15, -0.1) is 0 Å². The summed E-state index contributed by atoms with van der Waals surface area (Å²) in [4.78, 5) is 14.5. The average molecular weight is 395 g/mol. The number of nitrogens with zero attached hydrogens (tertiary/aromatic N) is 2. The van der Waals surface area contributed by atoms with E-state index in [-0.39, 0.29) is 45.5 Å². The van der Waals surface area contributed by atoms with Crippen molar-refractivity contribution in [3.63, 3.8) is 0 Å². The van der Waals surface area contributed by atoms with E-state index >= 15 is 0 Å². The van der Waals surface area contributed by atoms with Gasteiger partial charge in [0.15, 0.2) is 11.5 Å². The number of amides is 1. The van der Waals surface area contributed by atoms with Crippen LogP contribution in [-0.2, 0) is 0 Å². The molecule has 1 aliphatic rings. The van der Waals surface area contributed by atoms with Crippen LogP contribution in [0.25, 0.3) is 11.3 Å². The Kier molecular flexibility index (Phi) is 5.76. The van der Waals surface area contributed by atoms with Crippen LogP contribution in [0.5, 0.6) is 11.5 Å². The van der Waals surface area contributed by atoms with E-state index in [1.807, 2.05) is 18.9 Å². The Morgan fingerprint density at radius 2 is 2.07 bits per heavy atom. The van der Waals surface area contributed by atoms with Crippen molar-refractivity contribution in [1.82, 2.24) is 15.8 Å². The molecule has 0 unspecified atom stereocenters. The molecule has 9 heteroatoms. The van der Waals surface area contributed by atoms with E-state index in [1.54, 1.807) is 0 Å². The highest BCUT2D eigenvalue weighted by molar-refractivity contribution is 6.32. The van der Waals surface area contributed by atoms with Gasteiger partial charge < -0.3 is 30.3 Å². The van der Waals surface area contributed by atoms with Crippen LogP contribution < -0.4 is 15.5 Å². The molecule has 0 radical (unpaired) electrons. The van der Waals surface area contributed by atoms with Crippen molar-refractivity contribution in [2.75, 3.05) is 31.6 Å². The van der Waals surface area contributed by atoms with Crippen LogP contribution in [0.1, 0.15) is 30.3 Å². The summed E-state index contributed by atoms with van der Waals surface area (Å²) in [5, 5.41) is 30.1. The molecule has 2 heterocycles. The molecule has 0 bridgehead atoms. The van der Waals surface area contributed by atoms with Crippen molar-refractivity contribution in [3.05, 3.63) is 22.8 Å². The Balaban J connectivity index is 2.11. The molecule has 0 spiro atoms. The minimum atomic E-state index is -0.354. The fourth-order valence-corrected chi connectivity index (χ4v) is 3.46. The zero-order valence-corrected chi connectivity index (χ0v) is 16.0. The normalized spacial score (nSPS) is 14.9. The highest BCUT2D eigenvalue weighted by Gasteiger charge is 2.31. The van der Waals surface area contributed by atoms with Crippen LogP contribution in [0.2, 0.25) is 5.02 Å². The predicted molar refractivity (Wildman–Crippen MR) is 103 cm³/mol. The molecule has 0 saturated carbocycles. The second-order valence-corrected chi connectivity index (χ2v) is 6.89. The van der Waals surface area contributed by atoms with Crippen molar-refractivity contribution >= 4 is 23.2 Å². The molecular formula is C18H23ClN4O4. The largest absolute Gasteiger partial charge is 0.507 e. The van der Waals surface area contributed by atoms with Crippen LogP contribution in [0.4, 0.5) is 5.69 Å². The third kappa shape index (κ3) is 3.81. The molecule has 1 saturated heterocycles. The number of benzene rings is 1. The SMILES string of the molecule is CCNC(=O)c1noc(-c2cc(Cl)c(O)cc2O)c1N(C)C1CCNCC1. The Labute approximate surface area is 162 Å². The first-order valence-corrected chi connectivity index (χ1v) is 9.25. The fraction of sp³-hybridized carbons (Fsp3) is 0.444. The van der Waals surface area contributed by atoms with E-state index in [0.717, 1.165) is 32.0 Å². The number of halogens is 1. The predicted octanol–water partition coefficient (Wildman–Crippen LogP) is 2.34. The molecule has 1 aromatic carbocycles. The number of aromatic hydroxyl groups is 2. The first-order valence-electron chi connectivity index (χ1n) is 8.87. The van der Waals surface area contributed by atoms with Gasteiger partial charge in [-0.05, 0) is 38.9 Å². The number of carbonyl (C=O) groups is 1. The molecule has 146 valence electrons. The summed E-state index contributed by atoms with van der Waals surface area (Å²) >= 11 is 6.01. The van der Waals surface area contributed by atoms with Gasteiger partial charge in [-0.2, -0.15) is 0 Å². The minimum Gasteiger partial charge on any atom is -0.507 e. The molecule has 1 aromatic heterocycles. The zero-order chi connectivity index (χ0) is 19.6. The van der Waals surface area contributed by atoms with Gasteiger partial charge in [0.05, 0.1) is 10.6 Å². The first kappa shape index (κ1) is 19.3. The van der Waals surface area contributed by atoms with E-state index in [9.17, 15) is 15.0 Å². The molecule has 2 aromatic rings. The van der Waals surface area contributed by atoms with Crippen LogP contribution in [0.3, 0.4) is 0 Å². The number of hydrogen-bond donors (Lipinski definition) is 4. The third-order valence-electron chi connectivity index (χ3n) is 4.74. The second kappa shape index (κ2) is 8.06. The van der Waals surface area contributed by atoms with Crippen LogP contribution in [-0.4, -0.2) is 54.0 Å². The van der Waals surface area contributed by atoms with Gasteiger partial charge in [-0.25, -0.2) is 0 Å². The maximum Gasteiger partial charge on any atom is 0.275 e. The molecule has 3 rings (SSSR count). The molecular weight excluding hydrogens is 372 g/mol. The lowest BCUT2D eigenvalue weighted by Gasteiger charge is -2.33. The number of anilines is 1. The van der Waals surface area contributed by atoms with E-state index in [4.69, 9.17) is 16.1 Å². The van der Waals surface area contributed by atoms with Crippen molar-refractivity contribution in [1.29, 1.82) is 0 Å². The number of phenolic OH excluding ortho intramolecular Hbond substituents is 2. The number of nitrogens with one attached hydrogen (secondary N) is 2. The summed E-state index contributed by atoms with van der Waals surface area (Å²) < 4.78 is 5.47. The number of piperidine rings is 1. The maximum absolute atomic E-state index is 12.5. The molecule has 1 fully saturated rings. The van der Waals surface area contributed by atoms with Gasteiger partial charge in [-0.1, -0.05) is 16.8 Å². The molecule has 1 aliphatic heterocycles. The molecule has 0 atom stereocenters. The van der Waals surface area contributed by atoms with Crippen molar-refractivity contribution in [2.24, 2.45) is 0 Å². The van der Waals surface area contributed by atoms with Gasteiger partial charge in [0.1, 0.15) is 17.2 Å². The summed E-state index contributed by atoms with van der Waals surface area (Å²) in [7, 11) is 1.88. The summed E-state index contributed by atoms with van der Waals surface area (Å²) in [5.41, 5.74) is 0.901. The van der Waals surface area contributed by atoms with E-state index in [2.05, 4.69) is 15.8 Å². The van der Waals surface area contributed by atoms with Crippen LogP contribution >= 0.6 is 11.6 Å². The van der Waals surface area contributed by atoms with Gasteiger partial charge in [-0.3, -0.25) is 4.79 Å². The third-order valence-corrected chi connectivity index (χ3v) is 5.04.